The number of carbonyl (C=O) groups is 3. The Bertz CT molecular complexity index is 778. The van der Waals surface area contributed by atoms with Gasteiger partial charge in [-0.1, -0.05) is 17.8 Å². The molecule has 0 saturated heterocycles. The number of hydrogen-bond donors (Lipinski definition) is 1. The predicted octanol–water partition coefficient (Wildman–Crippen LogP) is 0.738. The molecule has 0 aliphatic carbocycles. The van der Waals surface area contributed by atoms with Gasteiger partial charge in [0.15, 0.2) is 5.13 Å². The Morgan fingerprint density at radius 3 is 2.84 bits per heavy atom. The summed E-state index contributed by atoms with van der Waals surface area (Å²) in [6, 6.07) is 4.45. The zero-order valence-corrected chi connectivity index (χ0v) is 14.8. The minimum absolute atomic E-state index is 0.0380. The van der Waals surface area contributed by atoms with Crippen LogP contribution in [0.1, 0.15) is 23.1 Å². The van der Waals surface area contributed by atoms with Crippen molar-refractivity contribution in [3.63, 3.8) is 0 Å². The number of aromatic carboxylic acids is 1. The first-order valence-electron chi connectivity index (χ1n) is 7.19. The van der Waals surface area contributed by atoms with Crippen LogP contribution < -0.4 is 10.4 Å². The number of carbonyl (C=O) groups excluding carboxylic acids is 3. The van der Waals surface area contributed by atoms with Crippen molar-refractivity contribution >= 4 is 46.1 Å². The highest BCUT2D eigenvalue weighted by Gasteiger charge is 2.11. The van der Waals surface area contributed by atoms with E-state index in [4.69, 9.17) is 4.74 Å². The fraction of sp³-hybridized carbons (Fsp3) is 0.267. The second kappa shape index (κ2) is 9.14. The zero-order chi connectivity index (χ0) is 18.2. The summed E-state index contributed by atoms with van der Waals surface area (Å²) in [5.74, 6) is -2.03. The van der Waals surface area contributed by atoms with E-state index in [1.165, 1.54) is 23.5 Å². The maximum absolute atomic E-state index is 11.9. The molecule has 0 radical (unpaired) electrons. The average Bonchev–Trinajstić information content (AvgIpc) is 3.00. The van der Waals surface area contributed by atoms with Crippen molar-refractivity contribution in [2.24, 2.45) is 0 Å². The molecule has 0 aliphatic rings. The summed E-state index contributed by atoms with van der Waals surface area (Å²) >= 11 is 2.30. The van der Waals surface area contributed by atoms with Crippen LogP contribution in [-0.4, -0.2) is 40.2 Å². The zero-order valence-electron chi connectivity index (χ0n) is 13.2. The lowest BCUT2D eigenvalue weighted by atomic mass is 10.3. The molecule has 0 atom stereocenters. The van der Waals surface area contributed by atoms with Gasteiger partial charge in [0.2, 0.25) is 5.91 Å². The Morgan fingerprint density at radius 1 is 1.32 bits per heavy atom. The Morgan fingerprint density at radius 2 is 2.12 bits per heavy atom. The van der Waals surface area contributed by atoms with Crippen molar-refractivity contribution < 1.29 is 24.2 Å². The average molecular weight is 380 g/mol. The molecule has 0 unspecified atom stereocenters. The fourth-order valence-corrected chi connectivity index (χ4v) is 3.12. The number of anilines is 1. The van der Waals surface area contributed by atoms with Crippen molar-refractivity contribution in [3.8, 4) is 0 Å². The number of pyridine rings is 1. The number of aromatic nitrogens is 2. The summed E-state index contributed by atoms with van der Waals surface area (Å²) in [5.41, 5.74) is 0.337. The molecule has 0 saturated carbocycles. The van der Waals surface area contributed by atoms with E-state index in [-0.39, 0.29) is 29.7 Å². The van der Waals surface area contributed by atoms with Crippen LogP contribution in [0.3, 0.4) is 0 Å². The van der Waals surface area contributed by atoms with Crippen LogP contribution >= 0.6 is 23.1 Å². The maximum Gasteiger partial charge on any atom is 0.311 e. The maximum atomic E-state index is 11.9. The van der Waals surface area contributed by atoms with E-state index < -0.39 is 5.97 Å². The molecule has 2 aromatic rings. The number of carboxylic acid groups (broad SMARTS) is 1. The third-order valence-corrected chi connectivity index (χ3v) is 4.45. The van der Waals surface area contributed by atoms with Crippen LogP contribution in [0.25, 0.3) is 0 Å². The molecular formula is C15H14N3O5S2-. The molecule has 1 amide bonds. The Labute approximate surface area is 151 Å². The van der Waals surface area contributed by atoms with E-state index in [0.29, 0.717) is 22.5 Å². The molecule has 0 aromatic carbocycles. The summed E-state index contributed by atoms with van der Waals surface area (Å²) in [6.07, 6.45) is 0.0505. The molecule has 0 spiro atoms. The summed E-state index contributed by atoms with van der Waals surface area (Å²) in [4.78, 5) is 42.1. The number of carboxylic acids is 1. The SMILES string of the molecule is CCOC(=O)Cc1csc(NC(=O)CSc2cccc(C(=O)[O-])n2)n1. The van der Waals surface area contributed by atoms with Crippen LogP contribution in [0.5, 0.6) is 0 Å². The molecule has 2 rings (SSSR count). The number of nitrogens with one attached hydrogen (secondary N) is 1. The number of amides is 1. The molecule has 0 aliphatic heterocycles. The molecule has 0 bridgehead atoms. The van der Waals surface area contributed by atoms with Gasteiger partial charge in [-0.2, -0.15) is 0 Å². The van der Waals surface area contributed by atoms with E-state index >= 15 is 0 Å². The third kappa shape index (κ3) is 6.16. The van der Waals surface area contributed by atoms with Gasteiger partial charge >= 0.3 is 5.97 Å². The second-order valence-electron chi connectivity index (χ2n) is 4.61. The number of nitrogens with zero attached hydrogens (tertiary/aromatic N) is 2. The number of thioether (sulfide) groups is 1. The molecule has 2 aromatic heterocycles. The van der Waals surface area contributed by atoms with Crippen LogP contribution in [-0.2, 0) is 20.7 Å². The van der Waals surface area contributed by atoms with Crippen LogP contribution in [0.4, 0.5) is 5.13 Å². The minimum Gasteiger partial charge on any atom is -0.543 e. The molecule has 25 heavy (non-hydrogen) atoms. The lowest BCUT2D eigenvalue weighted by Gasteiger charge is -2.05. The highest BCUT2D eigenvalue weighted by atomic mass is 32.2. The number of rotatable bonds is 8. The van der Waals surface area contributed by atoms with Gasteiger partial charge in [-0.05, 0) is 19.1 Å². The van der Waals surface area contributed by atoms with Gasteiger partial charge in [0.1, 0.15) is 0 Å². The van der Waals surface area contributed by atoms with E-state index in [0.717, 1.165) is 11.8 Å². The van der Waals surface area contributed by atoms with Crippen molar-refractivity contribution in [3.05, 3.63) is 35.0 Å². The van der Waals surface area contributed by atoms with E-state index in [9.17, 15) is 19.5 Å². The van der Waals surface area contributed by atoms with Crippen LogP contribution in [0, 0.1) is 0 Å². The Balaban J connectivity index is 1.84. The van der Waals surface area contributed by atoms with Gasteiger partial charge in [-0.15, -0.1) is 11.3 Å². The normalized spacial score (nSPS) is 10.3. The molecular weight excluding hydrogens is 366 g/mol. The van der Waals surface area contributed by atoms with Gasteiger partial charge in [0.05, 0.1) is 41.2 Å². The van der Waals surface area contributed by atoms with Gasteiger partial charge in [-0.3, -0.25) is 9.59 Å². The summed E-state index contributed by atoms with van der Waals surface area (Å²) < 4.78 is 4.83. The number of esters is 1. The molecule has 2 heterocycles. The van der Waals surface area contributed by atoms with Crippen molar-refractivity contribution in [1.82, 2.24) is 9.97 Å². The van der Waals surface area contributed by atoms with Crippen LogP contribution in [0.2, 0.25) is 0 Å². The van der Waals surface area contributed by atoms with Crippen molar-refractivity contribution in [2.75, 3.05) is 17.7 Å². The smallest absolute Gasteiger partial charge is 0.311 e. The first-order valence-corrected chi connectivity index (χ1v) is 9.05. The Kier molecular flexibility index (Phi) is 6.90. The van der Waals surface area contributed by atoms with Crippen molar-refractivity contribution in [2.45, 2.75) is 18.4 Å². The summed E-state index contributed by atoms with van der Waals surface area (Å²) in [5, 5.41) is 15.8. The number of ether oxygens (including phenoxy) is 1. The Hall–Kier alpha value is -2.46. The van der Waals surface area contributed by atoms with Crippen LogP contribution in [0.15, 0.2) is 28.6 Å². The van der Waals surface area contributed by atoms with Crippen molar-refractivity contribution in [1.29, 1.82) is 0 Å². The largest absolute Gasteiger partial charge is 0.543 e. The quantitative estimate of drug-likeness (QED) is 0.526. The minimum atomic E-state index is -1.37. The van der Waals surface area contributed by atoms with E-state index in [2.05, 4.69) is 15.3 Å². The highest BCUT2D eigenvalue weighted by Crippen LogP contribution is 2.19. The second-order valence-corrected chi connectivity index (χ2v) is 6.46. The third-order valence-electron chi connectivity index (χ3n) is 2.71. The van der Waals surface area contributed by atoms with Gasteiger partial charge in [0, 0.05) is 5.38 Å². The highest BCUT2D eigenvalue weighted by molar-refractivity contribution is 7.99. The molecule has 1 N–H and O–H groups in total. The first kappa shape index (κ1) is 18.9. The predicted molar refractivity (Wildman–Crippen MR) is 90.4 cm³/mol. The van der Waals surface area contributed by atoms with E-state index in [1.54, 1.807) is 18.4 Å². The standard InChI is InChI=1S/C15H15N3O5S2/c1-2-23-13(20)6-9-7-25-15(16-9)18-11(19)8-24-12-5-3-4-10(17-12)14(21)22/h3-5,7H,2,6,8H2,1H3,(H,21,22)(H,16,18,19)/p-1. The molecule has 10 heteroatoms. The van der Waals surface area contributed by atoms with E-state index in [1.807, 2.05) is 0 Å². The lowest BCUT2D eigenvalue weighted by molar-refractivity contribution is -0.255. The lowest BCUT2D eigenvalue weighted by Crippen LogP contribution is -2.23. The number of thiazole rings is 1. The first-order chi connectivity index (χ1) is 12.0. The molecule has 8 nitrogen and oxygen atoms in total. The fourth-order valence-electron chi connectivity index (χ4n) is 1.71. The summed E-state index contributed by atoms with van der Waals surface area (Å²) in [6.45, 7) is 2.02. The molecule has 132 valence electrons. The van der Waals surface area contributed by atoms with Gasteiger partial charge < -0.3 is 20.0 Å². The monoisotopic (exact) mass is 380 g/mol. The number of hydrogen-bond acceptors (Lipinski definition) is 9. The molecule has 0 fully saturated rings. The topological polar surface area (TPSA) is 121 Å². The van der Waals surface area contributed by atoms with Gasteiger partial charge in [-0.25, -0.2) is 9.97 Å². The van der Waals surface area contributed by atoms with Gasteiger partial charge in [0.25, 0.3) is 0 Å². The summed E-state index contributed by atoms with van der Waals surface area (Å²) in [7, 11) is 0.